The van der Waals surface area contributed by atoms with E-state index >= 15 is 0 Å². The summed E-state index contributed by atoms with van der Waals surface area (Å²) in [6, 6.07) is 15.0. The van der Waals surface area contributed by atoms with Crippen molar-refractivity contribution in [1.29, 1.82) is 0 Å². The first-order valence-electron chi connectivity index (χ1n) is 11.2. The highest BCUT2D eigenvalue weighted by molar-refractivity contribution is 7.22. The van der Waals surface area contributed by atoms with Crippen LogP contribution in [0.2, 0.25) is 0 Å². The van der Waals surface area contributed by atoms with Crippen LogP contribution in [0.4, 0.5) is 9.52 Å². The van der Waals surface area contributed by atoms with Gasteiger partial charge in [-0.15, -0.1) is 0 Å². The summed E-state index contributed by atoms with van der Waals surface area (Å²) in [4.78, 5) is 32.6. The molecule has 4 aromatic rings. The molecule has 1 atom stereocenters. The summed E-state index contributed by atoms with van der Waals surface area (Å²) in [5.41, 5.74) is 2.37. The Morgan fingerprint density at radius 1 is 1.03 bits per heavy atom. The number of fused-ring (bicyclic) bond motifs is 2. The Morgan fingerprint density at radius 3 is 2.56 bits per heavy atom. The van der Waals surface area contributed by atoms with Crippen molar-refractivity contribution in [3.63, 3.8) is 0 Å². The standard InChI is InChI=1S/C27H19FN2O5S/c1-14-2-8-18-21(12-14)36-27(29-18)30-23(15-3-6-17(28)7-4-15)22(25(32)26(30)33)24(31)16-5-9-19-20(13-16)35-11-10-34-19/h2-9,12-13,23,31H,10-11H2,1H3/b24-22+/t23-/m1/s1. The van der Waals surface area contributed by atoms with Crippen molar-refractivity contribution < 1.29 is 28.6 Å². The fourth-order valence-electron chi connectivity index (χ4n) is 4.46. The van der Waals surface area contributed by atoms with Crippen LogP contribution in [-0.4, -0.2) is 35.0 Å². The minimum atomic E-state index is -1.000. The van der Waals surface area contributed by atoms with E-state index in [0.29, 0.717) is 46.5 Å². The molecule has 1 saturated heterocycles. The number of nitrogens with zero attached hydrogens (tertiary/aromatic N) is 2. The summed E-state index contributed by atoms with van der Waals surface area (Å²) in [5, 5.41) is 11.6. The Morgan fingerprint density at radius 2 is 1.78 bits per heavy atom. The van der Waals surface area contributed by atoms with Crippen molar-refractivity contribution in [2.24, 2.45) is 0 Å². The molecule has 0 spiro atoms. The van der Waals surface area contributed by atoms with Crippen LogP contribution >= 0.6 is 11.3 Å². The van der Waals surface area contributed by atoms with Crippen molar-refractivity contribution in [2.75, 3.05) is 18.1 Å². The summed E-state index contributed by atoms with van der Waals surface area (Å²) < 4.78 is 25.8. The van der Waals surface area contributed by atoms with Gasteiger partial charge >= 0.3 is 5.91 Å². The van der Waals surface area contributed by atoms with Gasteiger partial charge in [-0.25, -0.2) is 9.37 Å². The van der Waals surface area contributed by atoms with Gasteiger partial charge in [-0.1, -0.05) is 29.5 Å². The fraction of sp³-hybridized carbons (Fsp3) is 0.148. The molecule has 0 saturated carbocycles. The lowest BCUT2D eigenvalue weighted by atomic mass is 9.95. The molecule has 1 N–H and O–H groups in total. The predicted molar refractivity (Wildman–Crippen MR) is 133 cm³/mol. The Balaban J connectivity index is 1.54. The molecule has 180 valence electrons. The van der Waals surface area contributed by atoms with Crippen LogP contribution in [0, 0.1) is 12.7 Å². The number of aliphatic hydroxyl groups is 1. The summed E-state index contributed by atoms with van der Waals surface area (Å²) in [6.45, 7) is 2.72. The molecule has 9 heteroatoms. The van der Waals surface area contributed by atoms with Gasteiger partial charge < -0.3 is 14.6 Å². The van der Waals surface area contributed by atoms with Gasteiger partial charge in [-0.2, -0.15) is 0 Å². The van der Waals surface area contributed by atoms with Gasteiger partial charge in [0.25, 0.3) is 5.78 Å². The average molecular weight is 503 g/mol. The number of halogens is 1. The van der Waals surface area contributed by atoms with E-state index in [4.69, 9.17) is 9.47 Å². The molecule has 1 aromatic heterocycles. The number of anilines is 1. The van der Waals surface area contributed by atoms with E-state index in [-0.39, 0.29) is 11.3 Å². The molecule has 3 heterocycles. The van der Waals surface area contributed by atoms with Crippen LogP contribution in [0.25, 0.3) is 16.0 Å². The van der Waals surface area contributed by atoms with Gasteiger partial charge in [0.2, 0.25) is 0 Å². The number of hydrogen-bond donors (Lipinski definition) is 1. The normalized spacial score (nSPS) is 18.7. The van der Waals surface area contributed by atoms with E-state index in [1.807, 2.05) is 25.1 Å². The quantitative estimate of drug-likeness (QED) is 0.237. The molecule has 2 aliphatic heterocycles. The van der Waals surface area contributed by atoms with Crippen LogP contribution in [0.5, 0.6) is 11.5 Å². The zero-order valence-corrected chi connectivity index (χ0v) is 19.8. The molecule has 2 aliphatic rings. The van der Waals surface area contributed by atoms with Crippen LogP contribution in [0.1, 0.15) is 22.7 Å². The van der Waals surface area contributed by atoms with Crippen molar-refractivity contribution >= 4 is 44.1 Å². The van der Waals surface area contributed by atoms with E-state index in [9.17, 15) is 19.1 Å². The molecule has 7 nitrogen and oxygen atoms in total. The van der Waals surface area contributed by atoms with Crippen molar-refractivity contribution in [1.82, 2.24) is 4.98 Å². The number of carbonyl (C=O) groups excluding carboxylic acids is 2. The first-order valence-corrected chi connectivity index (χ1v) is 12.1. The van der Waals surface area contributed by atoms with E-state index < -0.39 is 23.5 Å². The third-order valence-corrected chi connectivity index (χ3v) is 7.20. The number of hydrogen-bond acceptors (Lipinski definition) is 7. The number of ketones is 1. The minimum Gasteiger partial charge on any atom is -0.507 e. The molecule has 0 unspecified atom stereocenters. The number of benzene rings is 3. The lowest BCUT2D eigenvalue weighted by molar-refractivity contribution is -0.132. The molecule has 36 heavy (non-hydrogen) atoms. The second kappa shape index (κ2) is 8.46. The van der Waals surface area contributed by atoms with Gasteiger partial charge in [0, 0.05) is 5.56 Å². The molecular weight excluding hydrogens is 483 g/mol. The number of Topliss-reactive ketones (excluding diaryl/α,β-unsaturated/α-hetero) is 1. The lowest BCUT2D eigenvalue weighted by Crippen LogP contribution is -2.29. The monoisotopic (exact) mass is 502 g/mol. The van der Waals surface area contributed by atoms with Gasteiger partial charge in [0.15, 0.2) is 16.6 Å². The summed E-state index contributed by atoms with van der Waals surface area (Å²) >= 11 is 1.27. The number of thiazole rings is 1. The molecule has 0 radical (unpaired) electrons. The highest BCUT2D eigenvalue weighted by Crippen LogP contribution is 2.45. The zero-order chi connectivity index (χ0) is 25.0. The van der Waals surface area contributed by atoms with Crippen LogP contribution < -0.4 is 14.4 Å². The Kier molecular flexibility index (Phi) is 5.22. The molecule has 6 rings (SSSR count). The van der Waals surface area contributed by atoms with Gasteiger partial charge in [0.05, 0.1) is 21.8 Å². The fourth-order valence-corrected chi connectivity index (χ4v) is 5.55. The number of ether oxygens (including phenoxy) is 2. The van der Waals surface area contributed by atoms with E-state index in [2.05, 4.69) is 4.98 Å². The maximum Gasteiger partial charge on any atom is 0.301 e. The number of aryl methyl sites for hydroxylation is 1. The number of aromatic nitrogens is 1. The summed E-state index contributed by atoms with van der Waals surface area (Å²) in [6.07, 6.45) is 0. The average Bonchev–Trinajstić information content (AvgIpc) is 3.41. The largest absolute Gasteiger partial charge is 0.507 e. The summed E-state index contributed by atoms with van der Waals surface area (Å²) in [5.74, 6) is -1.54. The molecular formula is C27H19FN2O5S. The lowest BCUT2D eigenvalue weighted by Gasteiger charge is -2.23. The number of rotatable bonds is 3. The van der Waals surface area contributed by atoms with Gasteiger partial charge in [-0.05, 0) is 60.5 Å². The number of carbonyl (C=O) groups is 2. The van der Waals surface area contributed by atoms with Crippen LogP contribution in [0.3, 0.4) is 0 Å². The van der Waals surface area contributed by atoms with E-state index in [1.165, 1.54) is 40.5 Å². The predicted octanol–water partition coefficient (Wildman–Crippen LogP) is 5.14. The second-order valence-corrected chi connectivity index (χ2v) is 9.56. The smallest absolute Gasteiger partial charge is 0.301 e. The molecule has 3 aromatic carbocycles. The number of aliphatic hydroxyl groups excluding tert-OH is 1. The maximum absolute atomic E-state index is 13.8. The van der Waals surface area contributed by atoms with Crippen LogP contribution in [0.15, 0.2) is 66.2 Å². The molecule has 1 fully saturated rings. The highest BCUT2D eigenvalue weighted by Gasteiger charge is 2.48. The first kappa shape index (κ1) is 22.2. The van der Waals surface area contributed by atoms with Crippen molar-refractivity contribution in [3.8, 4) is 11.5 Å². The summed E-state index contributed by atoms with van der Waals surface area (Å²) in [7, 11) is 0. The Hall–Kier alpha value is -4.24. The SMILES string of the molecule is Cc1ccc2nc(N3C(=O)C(=O)/C(=C(/O)c4ccc5c(c4)OCCO5)[C@H]3c3ccc(F)cc3)sc2c1. The van der Waals surface area contributed by atoms with Gasteiger partial charge in [0.1, 0.15) is 24.8 Å². The molecule has 0 aliphatic carbocycles. The Labute approximate surface area is 209 Å². The topological polar surface area (TPSA) is 89.0 Å². The van der Waals surface area contributed by atoms with Crippen molar-refractivity contribution in [3.05, 3.63) is 88.7 Å². The van der Waals surface area contributed by atoms with Crippen LogP contribution in [-0.2, 0) is 9.59 Å². The third-order valence-electron chi connectivity index (χ3n) is 6.18. The maximum atomic E-state index is 13.8. The first-order chi connectivity index (χ1) is 17.4. The molecule has 1 amide bonds. The number of amides is 1. The highest BCUT2D eigenvalue weighted by atomic mass is 32.1. The van der Waals surface area contributed by atoms with E-state index in [0.717, 1.165) is 10.3 Å². The minimum absolute atomic E-state index is 0.112. The molecule has 0 bridgehead atoms. The zero-order valence-electron chi connectivity index (χ0n) is 19.0. The Bertz CT molecular complexity index is 1580. The van der Waals surface area contributed by atoms with Crippen molar-refractivity contribution in [2.45, 2.75) is 13.0 Å². The van der Waals surface area contributed by atoms with E-state index in [1.54, 1.807) is 18.2 Å². The van der Waals surface area contributed by atoms with Gasteiger partial charge in [-0.3, -0.25) is 14.5 Å². The third kappa shape index (κ3) is 3.59. The second-order valence-electron chi connectivity index (χ2n) is 8.55.